The van der Waals surface area contributed by atoms with E-state index in [-0.39, 0.29) is 11.0 Å². The van der Waals surface area contributed by atoms with E-state index in [0.717, 1.165) is 13.0 Å². The van der Waals surface area contributed by atoms with Gasteiger partial charge in [-0.25, -0.2) is 8.42 Å². The molecule has 21 heavy (non-hydrogen) atoms. The van der Waals surface area contributed by atoms with Crippen molar-refractivity contribution < 1.29 is 13.2 Å². The molecular weight excluding hydrogens is 292 g/mol. The Balaban J connectivity index is 1.61. The Morgan fingerprint density at radius 1 is 1.43 bits per heavy atom. The van der Waals surface area contributed by atoms with Gasteiger partial charge in [0.1, 0.15) is 4.90 Å². The quantitative estimate of drug-likeness (QED) is 0.769. The first-order valence-electron chi connectivity index (χ1n) is 7.38. The van der Waals surface area contributed by atoms with E-state index >= 15 is 0 Å². The van der Waals surface area contributed by atoms with Gasteiger partial charge in [-0.05, 0) is 19.3 Å². The minimum Gasteiger partial charge on any atom is -0.380 e. The van der Waals surface area contributed by atoms with Gasteiger partial charge in [0, 0.05) is 39.0 Å². The number of rotatable bonds is 7. The van der Waals surface area contributed by atoms with Gasteiger partial charge in [0.25, 0.3) is 0 Å². The average molecular weight is 314 g/mol. The summed E-state index contributed by atoms with van der Waals surface area (Å²) in [6, 6.07) is 0.652. The second-order valence-corrected chi connectivity index (χ2v) is 7.61. The van der Waals surface area contributed by atoms with E-state index in [1.807, 2.05) is 0 Å². The van der Waals surface area contributed by atoms with E-state index in [9.17, 15) is 8.42 Å². The van der Waals surface area contributed by atoms with Crippen LogP contribution in [0.5, 0.6) is 0 Å². The van der Waals surface area contributed by atoms with E-state index in [1.54, 1.807) is 18.0 Å². The molecule has 1 aliphatic heterocycles. The van der Waals surface area contributed by atoms with Crippen LogP contribution in [0.4, 0.5) is 0 Å². The fraction of sp³-hybridized carbons (Fsp3) is 0.769. The smallest absolute Gasteiger partial charge is 0.246 e. The lowest BCUT2D eigenvalue weighted by atomic mass is 10.3. The predicted octanol–water partition coefficient (Wildman–Crippen LogP) is 0.0445. The van der Waals surface area contributed by atoms with Crippen molar-refractivity contribution in [2.24, 2.45) is 0 Å². The van der Waals surface area contributed by atoms with Gasteiger partial charge in [0.2, 0.25) is 10.0 Å². The summed E-state index contributed by atoms with van der Waals surface area (Å²) in [6.45, 7) is 2.44. The first-order chi connectivity index (χ1) is 10.1. The Labute approximate surface area is 125 Å². The first kappa shape index (κ1) is 15.0. The topological polar surface area (TPSA) is 76.5 Å². The van der Waals surface area contributed by atoms with Crippen LogP contribution < -0.4 is 5.32 Å². The molecule has 1 aliphatic carbocycles. The van der Waals surface area contributed by atoms with Gasteiger partial charge in [-0.1, -0.05) is 0 Å². The minimum absolute atomic E-state index is 0.00226. The molecule has 1 saturated carbocycles. The highest BCUT2D eigenvalue weighted by atomic mass is 32.2. The number of hydrogen-bond donors (Lipinski definition) is 1. The third-order valence-corrected chi connectivity index (χ3v) is 5.86. The minimum atomic E-state index is -3.44. The number of sulfonamides is 1. The molecule has 0 amide bonds. The molecule has 1 aromatic heterocycles. The van der Waals surface area contributed by atoms with E-state index < -0.39 is 10.0 Å². The number of nitrogens with one attached hydrogen (secondary N) is 1. The second kappa shape index (κ2) is 6.04. The highest BCUT2D eigenvalue weighted by Crippen LogP contribution is 2.22. The maximum atomic E-state index is 12.5. The molecule has 2 fully saturated rings. The second-order valence-electron chi connectivity index (χ2n) is 5.68. The highest BCUT2D eigenvalue weighted by Gasteiger charge is 2.33. The van der Waals surface area contributed by atoms with Crippen LogP contribution in [-0.4, -0.2) is 61.4 Å². The summed E-state index contributed by atoms with van der Waals surface area (Å²) < 4.78 is 33.4. The first-order valence-corrected chi connectivity index (χ1v) is 8.82. The summed E-state index contributed by atoms with van der Waals surface area (Å²) in [5.74, 6) is 0. The van der Waals surface area contributed by atoms with Gasteiger partial charge in [0.15, 0.2) is 0 Å². The van der Waals surface area contributed by atoms with Crippen molar-refractivity contribution in [1.82, 2.24) is 19.4 Å². The summed E-state index contributed by atoms with van der Waals surface area (Å²) in [6.07, 6.45) is 6.28. The van der Waals surface area contributed by atoms with Crippen LogP contribution in [0, 0.1) is 0 Å². The van der Waals surface area contributed by atoms with E-state index in [1.165, 1.54) is 23.3 Å². The Morgan fingerprint density at radius 2 is 2.24 bits per heavy atom. The standard InChI is InChI=1S/C13H22N4O3S/c1-20-12-4-6-17(9-12)21(18,19)13-8-15-16(10-13)7-5-14-11-2-3-11/h8,10-12,14H,2-7,9H2,1H3. The third-order valence-electron chi connectivity index (χ3n) is 4.04. The fourth-order valence-corrected chi connectivity index (χ4v) is 3.97. The Hall–Kier alpha value is -0.960. The van der Waals surface area contributed by atoms with Crippen LogP contribution in [0.1, 0.15) is 19.3 Å². The number of methoxy groups -OCH3 is 1. The summed E-state index contributed by atoms with van der Waals surface area (Å²) in [7, 11) is -1.82. The molecule has 118 valence electrons. The van der Waals surface area contributed by atoms with Gasteiger partial charge in [-0.2, -0.15) is 9.40 Å². The molecule has 1 aromatic rings. The van der Waals surface area contributed by atoms with Crippen LogP contribution in [0.15, 0.2) is 17.3 Å². The number of nitrogens with zero attached hydrogens (tertiary/aromatic N) is 3. The van der Waals surface area contributed by atoms with Crippen LogP contribution in [0.25, 0.3) is 0 Å². The van der Waals surface area contributed by atoms with Crippen molar-refractivity contribution >= 4 is 10.0 Å². The zero-order chi connectivity index (χ0) is 14.9. The van der Waals surface area contributed by atoms with Crippen molar-refractivity contribution in [3.05, 3.63) is 12.4 Å². The largest absolute Gasteiger partial charge is 0.380 e. The Bertz CT molecular complexity index is 582. The average Bonchev–Trinajstić information content (AvgIpc) is 2.97. The maximum Gasteiger partial charge on any atom is 0.246 e. The monoisotopic (exact) mass is 314 g/mol. The molecule has 0 aromatic carbocycles. The van der Waals surface area contributed by atoms with Crippen molar-refractivity contribution in [2.75, 3.05) is 26.7 Å². The Morgan fingerprint density at radius 3 is 2.90 bits per heavy atom. The SMILES string of the molecule is COC1CCN(S(=O)(=O)c2cnn(CCNC3CC3)c2)C1. The van der Waals surface area contributed by atoms with Crippen molar-refractivity contribution in [2.45, 2.75) is 42.8 Å². The zero-order valence-corrected chi connectivity index (χ0v) is 13.1. The summed E-state index contributed by atoms with van der Waals surface area (Å²) >= 11 is 0. The van der Waals surface area contributed by atoms with Gasteiger partial charge < -0.3 is 10.1 Å². The molecule has 2 aliphatic rings. The molecule has 1 unspecified atom stereocenters. The summed E-state index contributed by atoms with van der Waals surface area (Å²) in [5, 5.41) is 7.53. The predicted molar refractivity (Wildman–Crippen MR) is 77.4 cm³/mol. The van der Waals surface area contributed by atoms with Gasteiger partial charge in [0.05, 0.1) is 18.8 Å². The molecule has 7 nitrogen and oxygen atoms in total. The van der Waals surface area contributed by atoms with Gasteiger partial charge in [-0.3, -0.25) is 4.68 Å². The third kappa shape index (κ3) is 3.45. The molecular formula is C13H22N4O3S. The Kier molecular flexibility index (Phi) is 4.30. The summed E-state index contributed by atoms with van der Waals surface area (Å²) in [5.41, 5.74) is 0. The number of ether oxygens (including phenoxy) is 1. The van der Waals surface area contributed by atoms with Crippen LogP contribution in [-0.2, 0) is 21.3 Å². The lowest BCUT2D eigenvalue weighted by Crippen LogP contribution is -2.29. The van der Waals surface area contributed by atoms with E-state index in [4.69, 9.17) is 4.74 Å². The highest BCUT2D eigenvalue weighted by molar-refractivity contribution is 7.89. The van der Waals surface area contributed by atoms with Crippen LogP contribution >= 0.6 is 0 Å². The van der Waals surface area contributed by atoms with Gasteiger partial charge in [-0.15, -0.1) is 0 Å². The maximum absolute atomic E-state index is 12.5. The van der Waals surface area contributed by atoms with Crippen LogP contribution in [0.3, 0.4) is 0 Å². The normalized spacial score (nSPS) is 23.8. The molecule has 8 heteroatoms. The van der Waals surface area contributed by atoms with E-state index in [0.29, 0.717) is 25.7 Å². The van der Waals surface area contributed by atoms with Crippen LogP contribution in [0.2, 0.25) is 0 Å². The molecule has 0 bridgehead atoms. The van der Waals surface area contributed by atoms with Crippen molar-refractivity contribution in [3.63, 3.8) is 0 Å². The molecule has 1 saturated heterocycles. The zero-order valence-electron chi connectivity index (χ0n) is 12.2. The lowest BCUT2D eigenvalue weighted by Gasteiger charge is -2.14. The molecule has 0 spiro atoms. The molecule has 1 atom stereocenters. The molecule has 3 rings (SSSR count). The molecule has 2 heterocycles. The molecule has 1 N–H and O–H groups in total. The lowest BCUT2D eigenvalue weighted by molar-refractivity contribution is 0.115. The number of hydrogen-bond acceptors (Lipinski definition) is 5. The van der Waals surface area contributed by atoms with Crippen molar-refractivity contribution in [3.8, 4) is 0 Å². The van der Waals surface area contributed by atoms with E-state index in [2.05, 4.69) is 10.4 Å². The molecule has 0 radical (unpaired) electrons. The fourth-order valence-electron chi connectivity index (χ4n) is 2.53. The van der Waals surface area contributed by atoms with Gasteiger partial charge >= 0.3 is 0 Å². The summed E-state index contributed by atoms with van der Waals surface area (Å²) in [4.78, 5) is 0.269. The number of aromatic nitrogens is 2. The van der Waals surface area contributed by atoms with Crippen molar-refractivity contribution in [1.29, 1.82) is 0 Å².